The molecule has 0 atom stereocenters. The van der Waals surface area contributed by atoms with Gasteiger partial charge in [0.25, 0.3) is 5.91 Å². The molecule has 25 heavy (non-hydrogen) atoms. The van der Waals surface area contributed by atoms with Gasteiger partial charge in [0.15, 0.2) is 4.32 Å². The van der Waals surface area contributed by atoms with Crippen LogP contribution in [0.4, 0.5) is 5.69 Å². The number of anilines is 1. The Labute approximate surface area is 155 Å². The van der Waals surface area contributed by atoms with E-state index >= 15 is 0 Å². The Morgan fingerprint density at radius 2 is 1.80 bits per heavy atom. The van der Waals surface area contributed by atoms with Crippen LogP contribution in [0.5, 0.6) is 0 Å². The predicted octanol–water partition coefficient (Wildman–Crippen LogP) is 4.41. The zero-order chi connectivity index (χ0) is 18.1. The van der Waals surface area contributed by atoms with E-state index in [1.165, 1.54) is 28.8 Å². The van der Waals surface area contributed by atoms with Gasteiger partial charge in [-0.25, -0.2) is 4.79 Å². The maximum atomic E-state index is 12.7. The molecule has 0 spiro atoms. The maximum absolute atomic E-state index is 12.7. The van der Waals surface area contributed by atoms with Gasteiger partial charge >= 0.3 is 5.97 Å². The molecule has 2 aromatic carbocycles. The van der Waals surface area contributed by atoms with Crippen molar-refractivity contribution in [2.45, 2.75) is 13.8 Å². The zero-order valence-corrected chi connectivity index (χ0v) is 15.3. The summed E-state index contributed by atoms with van der Waals surface area (Å²) < 4.78 is 0.488. The lowest BCUT2D eigenvalue weighted by molar-refractivity contribution is -0.113. The number of thiocarbonyl (C=S) groups is 1. The van der Waals surface area contributed by atoms with Gasteiger partial charge in [0, 0.05) is 0 Å². The minimum Gasteiger partial charge on any atom is -0.478 e. The average Bonchev–Trinajstić information content (AvgIpc) is 2.85. The summed E-state index contributed by atoms with van der Waals surface area (Å²) in [5, 5.41) is 8.94. The van der Waals surface area contributed by atoms with Gasteiger partial charge < -0.3 is 5.11 Å². The molecule has 1 aliphatic rings. The Bertz CT molecular complexity index is 917. The minimum absolute atomic E-state index is 0.166. The number of benzene rings is 2. The number of carbonyl (C=O) groups is 2. The van der Waals surface area contributed by atoms with Gasteiger partial charge in [-0.1, -0.05) is 42.2 Å². The van der Waals surface area contributed by atoms with Gasteiger partial charge in [-0.2, -0.15) is 0 Å². The first-order chi connectivity index (χ1) is 11.9. The van der Waals surface area contributed by atoms with Gasteiger partial charge in [-0.15, -0.1) is 0 Å². The van der Waals surface area contributed by atoms with Gasteiger partial charge in [0.05, 0.1) is 16.2 Å². The van der Waals surface area contributed by atoms with Crippen LogP contribution >= 0.6 is 24.0 Å². The molecule has 1 N–H and O–H groups in total. The van der Waals surface area contributed by atoms with Crippen LogP contribution in [0.15, 0.2) is 47.4 Å². The third kappa shape index (κ3) is 3.50. The molecule has 0 radical (unpaired) electrons. The van der Waals surface area contributed by atoms with Crippen molar-refractivity contribution in [3.63, 3.8) is 0 Å². The molecule has 0 aromatic heterocycles. The monoisotopic (exact) mass is 369 g/mol. The van der Waals surface area contributed by atoms with Crippen LogP contribution in [0, 0.1) is 13.8 Å². The molecule has 0 unspecified atom stereocenters. The normalized spacial score (nSPS) is 15.9. The van der Waals surface area contributed by atoms with Gasteiger partial charge in [-0.05, 0) is 60.9 Å². The third-order valence-electron chi connectivity index (χ3n) is 4.00. The van der Waals surface area contributed by atoms with Crippen LogP contribution in [0.25, 0.3) is 6.08 Å². The molecular weight excluding hydrogens is 354 g/mol. The van der Waals surface area contributed by atoms with Gasteiger partial charge in [0.1, 0.15) is 0 Å². The minimum atomic E-state index is -0.979. The fourth-order valence-corrected chi connectivity index (χ4v) is 3.73. The molecular formula is C19H15NO3S2. The lowest BCUT2D eigenvalue weighted by Crippen LogP contribution is -2.27. The quantitative estimate of drug-likeness (QED) is 0.642. The van der Waals surface area contributed by atoms with Gasteiger partial charge in [0.2, 0.25) is 0 Å². The first kappa shape index (κ1) is 17.4. The SMILES string of the molecule is Cc1ccc(N2C(=O)/C(=C\c3ccc(C(=O)O)cc3)SC2=S)cc1C. The molecule has 126 valence electrons. The van der Waals surface area contributed by atoms with E-state index in [4.69, 9.17) is 17.3 Å². The van der Waals surface area contributed by atoms with Crippen molar-refractivity contribution in [3.05, 3.63) is 69.6 Å². The number of aromatic carboxylic acids is 1. The van der Waals surface area contributed by atoms with E-state index in [1.54, 1.807) is 18.2 Å². The first-order valence-electron chi connectivity index (χ1n) is 7.55. The van der Waals surface area contributed by atoms with Crippen molar-refractivity contribution in [2.75, 3.05) is 4.90 Å². The zero-order valence-electron chi connectivity index (χ0n) is 13.6. The molecule has 2 aromatic rings. The van der Waals surface area contributed by atoms with Crippen molar-refractivity contribution in [1.29, 1.82) is 0 Å². The van der Waals surface area contributed by atoms with E-state index in [1.807, 2.05) is 32.0 Å². The molecule has 1 heterocycles. The molecule has 6 heteroatoms. The Kier molecular flexibility index (Phi) is 4.74. The lowest BCUT2D eigenvalue weighted by atomic mass is 10.1. The first-order valence-corrected chi connectivity index (χ1v) is 8.78. The summed E-state index contributed by atoms with van der Waals surface area (Å²) in [6.07, 6.45) is 1.73. The number of rotatable bonds is 3. The van der Waals surface area contributed by atoms with E-state index in [0.29, 0.717) is 9.23 Å². The molecule has 1 amide bonds. The Morgan fingerprint density at radius 1 is 1.12 bits per heavy atom. The maximum Gasteiger partial charge on any atom is 0.335 e. The summed E-state index contributed by atoms with van der Waals surface area (Å²) in [6, 6.07) is 12.2. The summed E-state index contributed by atoms with van der Waals surface area (Å²) in [7, 11) is 0. The lowest BCUT2D eigenvalue weighted by Gasteiger charge is -2.15. The highest BCUT2D eigenvalue weighted by Crippen LogP contribution is 2.36. The van der Waals surface area contributed by atoms with E-state index in [2.05, 4.69) is 0 Å². The number of carboxylic acids is 1. The summed E-state index contributed by atoms with van der Waals surface area (Å²) in [4.78, 5) is 25.7. The summed E-state index contributed by atoms with van der Waals surface area (Å²) in [5.41, 5.74) is 3.98. The molecule has 1 saturated heterocycles. The van der Waals surface area contributed by atoms with E-state index in [-0.39, 0.29) is 11.5 Å². The molecule has 3 rings (SSSR count). The topological polar surface area (TPSA) is 57.6 Å². The Balaban J connectivity index is 1.90. The number of hydrogen-bond acceptors (Lipinski definition) is 4. The van der Waals surface area contributed by atoms with Gasteiger partial charge in [-0.3, -0.25) is 9.69 Å². The highest BCUT2D eigenvalue weighted by molar-refractivity contribution is 8.27. The molecule has 1 fully saturated rings. The van der Waals surface area contributed by atoms with Crippen LogP contribution in [0.3, 0.4) is 0 Å². The predicted molar refractivity (Wildman–Crippen MR) is 105 cm³/mol. The highest BCUT2D eigenvalue weighted by Gasteiger charge is 2.33. The van der Waals surface area contributed by atoms with Crippen molar-refractivity contribution in [2.24, 2.45) is 0 Å². The van der Waals surface area contributed by atoms with Crippen LogP contribution in [-0.2, 0) is 4.79 Å². The van der Waals surface area contributed by atoms with E-state index in [0.717, 1.165) is 22.4 Å². The smallest absolute Gasteiger partial charge is 0.335 e. The van der Waals surface area contributed by atoms with Crippen LogP contribution < -0.4 is 4.90 Å². The number of carbonyl (C=O) groups excluding carboxylic acids is 1. The number of thioether (sulfide) groups is 1. The third-order valence-corrected chi connectivity index (χ3v) is 5.30. The summed E-state index contributed by atoms with van der Waals surface area (Å²) >= 11 is 6.62. The Morgan fingerprint density at radius 3 is 2.40 bits per heavy atom. The Hall–Kier alpha value is -2.44. The van der Waals surface area contributed by atoms with Crippen molar-refractivity contribution >= 4 is 51.9 Å². The molecule has 1 aliphatic heterocycles. The second-order valence-corrected chi connectivity index (χ2v) is 7.39. The molecule has 4 nitrogen and oxygen atoms in total. The molecule has 0 aliphatic carbocycles. The fraction of sp³-hybridized carbons (Fsp3) is 0.105. The fourth-order valence-electron chi connectivity index (χ4n) is 2.43. The second kappa shape index (κ2) is 6.82. The summed E-state index contributed by atoms with van der Waals surface area (Å²) in [5.74, 6) is -1.15. The van der Waals surface area contributed by atoms with Crippen LogP contribution in [0.1, 0.15) is 27.0 Å². The average molecular weight is 369 g/mol. The number of nitrogens with zero attached hydrogens (tertiary/aromatic N) is 1. The van der Waals surface area contributed by atoms with Crippen molar-refractivity contribution < 1.29 is 14.7 Å². The number of aryl methyl sites for hydroxylation is 2. The second-order valence-electron chi connectivity index (χ2n) is 5.71. The van der Waals surface area contributed by atoms with Crippen LogP contribution in [0.2, 0.25) is 0 Å². The largest absolute Gasteiger partial charge is 0.478 e. The molecule has 0 saturated carbocycles. The van der Waals surface area contributed by atoms with E-state index < -0.39 is 5.97 Å². The van der Waals surface area contributed by atoms with E-state index in [9.17, 15) is 9.59 Å². The number of amides is 1. The highest BCUT2D eigenvalue weighted by atomic mass is 32.2. The number of hydrogen-bond donors (Lipinski definition) is 1. The van der Waals surface area contributed by atoms with Crippen molar-refractivity contribution in [3.8, 4) is 0 Å². The summed E-state index contributed by atoms with van der Waals surface area (Å²) in [6.45, 7) is 4.01. The van der Waals surface area contributed by atoms with Crippen molar-refractivity contribution in [1.82, 2.24) is 0 Å². The number of carboxylic acid groups (broad SMARTS) is 1. The van der Waals surface area contributed by atoms with Crippen LogP contribution in [-0.4, -0.2) is 21.3 Å². The standard InChI is InChI=1S/C19H15NO3S2/c1-11-3-8-15(9-12(11)2)20-17(21)16(25-19(20)24)10-13-4-6-14(7-5-13)18(22)23/h3-10H,1-2H3,(H,22,23)/b16-10+. The molecule has 0 bridgehead atoms.